The average Bonchev–Trinajstić information content (AvgIpc) is 3.06. The number of aliphatic hydroxyl groups excluding tert-OH is 1. The lowest BCUT2D eigenvalue weighted by atomic mass is 10.1. The van der Waals surface area contributed by atoms with Crippen LogP contribution in [0.3, 0.4) is 0 Å². The molecule has 1 aromatic carbocycles. The quantitative estimate of drug-likeness (QED) is 0.821. The predicted molar refractivity (Wildman–Crippen MR) is 69.3 cm³/mol. The first-order chi connectivity index (χ1) is 8.22. The van der Waals surface area contributed by atoms with Gasteiger partial charge in [-0.05, 0) is 36.5 Å². The van der Waals surface area contributed by atoms with Gasteiger partial charge < -0.3 is 15.3 Å². The summed E-state index contributed by atoms with van der Waals surface area (Å²) in [6.07, 6.45) is 3.37. The fraction of sp³-hybridized carbons (Fsp3) is 0.571. The van der Waals surface area contributed by atoms with Crippen LogP contribution in [-0.4, -0.2) is 30.8 Å². The van der Waals surface area contributed by atoms with Crippen LogP contribution in [0.15, 0.2) is 18.2 Å². The lowest BCUT2D eigenvalue weighted by Crippen LogP contribution is -2.34. The number of hydrogen-bond donors (Lipinski definition) is 2. The molecule has 1 aliphatic carbocycles. The molecular weight excluding hydrogens is 212 g/mol. The van der Waals surface area contributed by atoms with Crippen LogP contribution >= 0.6 is 0 Å². The minimum absolute atomic E-state index is 0.0375. The summed E-state index contributed by atoms with van der Waals surface area (Å²) in [5, 5.41) is 12.7. The van der Waals surface area contributed by atoms with Crippen molar-refractivity contribution in [2.45, 2.75) is 31.3 Å². The van der Waals surface area contributed by atoms with Crippen LogP contribution in [0.2, 0.25) is 0 Å². The van der Waals surface area contributed by atoms with Gasteiger partial charge in [0.2, 0.25) is 0 Å². The fourth-order valence-electron chi connectivity index (χ4n) is 2.56. The van der Waals surface area contributed by atoms with Gasteiger partial charge in [0, 0.05) is 31.4 Å². The third-order valence-corrected chi connectivity index (χ3v) is 4.10. The van der Waals surface area contributed by atoms with Gasteiger partial charge in [-0.25, -0.2) is 0 Å². The molecule has 0 amide bonds. The molecule has 1 saturated carbocycles. The largest absolute Gasteiger partial charge is 0.394 e. The first-order valence-electron chi connectivity index (χ1n) is 6.41. The zero-order chi connectivity index (χ0) is 11.9. The maximum absolute atomic E-state index is 9.25. The summed E-state index contributed by atoms with van der Waals surface area (Å²) in [6, 6.07) is 6.72. The number of benzene rings is 1. The van der Waals surface area contributed by atoms with Gasteiger partial charge in [0.25, 0.3) is 0 Å². The molecule has 0 bridgehead atoms. The van der Waals surface area contributed by atoms with Crippen LogP contribution in [0.1, 0.15) is 24.0 Å². The summed E-state index contributed by atoms with van der Waals surface area (Å²) >= 11 is 0. The predicted octanol–water partition coefficient (Wildman–Crippen LogP) is 1.29. The Bertz CT molecular complexity index is 426. The highest BCUT2D eigenvalue weighted by molar-refractivity contribution is 5.58. The zero-order valence-electron chi connectivity index (χ0n) is 10.4. The molecule has 3 heteroatoms. The Morgan fingerprint density at radius 1 is 1.41 bits per heavy atom. The first kappa shape index (κ1) is 11.1. The molecule has 1 aliphatic heterocycles. The topological polar surface area (TPSA) is 35.5 Å². The molecule has 0 unspecified atom stereocenters. The minimum Gasteiger partial charge on any atom is -0.394 e. The van der Waals surface area contributed by atoms with Crippen LogP contribution in [0.25, 0.3) is 0 Å². The number of anilines is 1. The normalized spacial score (nSPS) is 20.5. The van der Waals surface area contributed by atoms with Crippen LogP contribution in [0.5, 0.6) is 0 Å². The third-order valence-electron chi connectivity index (χ3n) is 4.10. The molecule has 1 fully saturated rings. The SMILES string of the molecule is CN1CCc2cc(CNC3(CO)CC3)ccc21. The van der Waals surface area contributed by atoms with Gasteiger partial charge in [0.15, 0.2) is 0 Å². The molecule has 3 nitrogen and oxygen atoms in total. The Balaban J connectivity index is 1.68. The molecule has 0 saturated heterocycles. The Morgan fingerprint density at radius 2 is 2.24 bits per heavy atom. The molecular formula is C14H20N2O. The third kappa shape index (κ3) is 2.05. The van der Waals surface area contributed by atoms with Crippen LogP contribution in [0, 0.1) is 0 Å². The highest BCUT2D eigenvalue weighted by Crippen LogP contribution is 2.35. The van der Waals surface area contributed by atoms with Crippen LogP contribution in [0.4, 0.5) is 5.69 Å². The monoisotopic (exact) mass is 232 g/mol. The van der Waals surface area contributed by atoms with Gasteiger partial charge in [-0.3, -0.25) is 0 Å². The van der Waals surface area contributed by atoms with E-state index in [4.69, 9.17) is 0 Å². The minimum atomic E-state index is 0.0375. The number of rotatable bonds is 4. The summed E-state index contributed by atoms with van der Waals surface area (Å²) in [6.45, 7) is 2.27. The Morgan fingerprint density at radius 3 is 2.94 bits per heavy atom. The second kappa shape index (κ2) is 4.00. The number of aliphatic hydroxyl groups is 1. The summed E-state index contributed by atoms with van der Waals surface area (Å²) in [5.41, 5.74) is 4.20. The molecule has 3 rings (SSSR count). The van der Waals surface area contributed by atoms with Crippen molar-refractivity contribution >= 4 is 5.69 Å². The molecule has 0 aromatic heterocycles. The van der Waals surface area contributed by atoms with E-state index < -0.39 is 0 Å². The smallest absolute Gasteiger partial charge is 0.0613 e. The molecule has 17 heavy (non-hydrogen) atoms. The first-order valence-corrected chi connectivity index (χ1v) is 6.41. The highest BCUT2D eigenvalue weighted by atomic mass is 16.3. The van der Waals surface area contributed by atoms with Gasteiger partial charge in [0.1, 0.15) is 0 Å². The molecule has 1 heterocycles. The average molecular weight is 232 g/mol. The maximum atomic E-state index is 9.25. The summed E-state index contributed by atoms with van der Waals surface area (Å²) in [4.78, 5) is 2.31. The van der Waals surface area contributed by atoms with Gasteiger partial charge >= 0.3 is 0 Å². The van der Waals surface area contributed by atoms with E-state index in [0.717, 1.165) is 32.4 Å². The highest BCUT2D eigenvalue weighted by Gasteiger charge is 2.41. The second-order valence-corrected chi connectivity index (χ2v) is 5.43. The van der Waals surface area contributed by atoms with E-state index in [0.29, 0.717) is 0 Å². The van der Waals surface area contributed by atoms with Gasteiger partial charge in [-0.15, -0.1) is 0 Å². The van der Waals surface area contributed by atoms with E-state index >= 15 is 0 Å². The Kier molecular flexibility index (Phi) is 2.60. The lowest BCUT2D eigenvalue weighted by Gasteiger charge is -2.15. The standard InChI is InChI=1S/C14H20N2O/c1-16-7-4-12-8-11(2-3-13(12)16)9-15-14(10-17)5-6-14/h2-3,8,15,17H,4-7,9-10H2,1H3. The molecule has 1 aromatic rings. The molecule has 2 aliphatic rings. The van der Waals surface area contributed by atoms with Crippen LogP contribution < -0.4 is 10.2 Å². The fourth-order valence-corrected chi connectivity index (χ4v) is 2.56. The number of nitrogens with zero attached hydrogens (tertiary/aromatic N) is 1. The molecule has 0 radical (unpaired) electrons. The molecule has 2 N–H and O–H groups in total. The van der Waals surface area contributed by atoms with Crippen molar-refractivity contribution in [1.82, 2.24) is 5.32 Å². The Hall–Kier alpha value is -1.06. The lowest BCUT2D eigenvalue weighted by molar-refractivity contribution is 0.229. The second-order valence-electron chi connectivity index (χ2n) is 5.43. The van der Waals surface area contributed by atoms with Crippen molar-refractivity contribution < 1.29 is 5.11 Å². The van der Waals surface area contributed by atoms with E-state index in [1.54, 1.807) is 0 Å². The van der Waals surface area contributed by atoms with Crippen LogP contribution in [-0.2, 0) is 13.0 Å². The molecule has 0 atom stereocenters. The molecule has 0 spiro atoms. The summed E-state index contributed by atoms with van der Waals surface area (Å²) in [7, 11) is 2.15. The van der Waals surface area contributed by atoms with Crippen molar-refractivity contribution in [1.29, 1.82) is 0 Å². The Labute approximate surface area is 102 Å². The van der Waals surface area contributed by atoms with E-state index in [1.165, 1.54) is 16.8 Å². The van der Waals surface area contributed by atoms with E-state index in [1.807, 2.05) is 0 Å². The van der Waals surface area contributed by atoms with Crippen molar-refractivity contribution in [3.8, 4) is 0 Å². The van der Waals surface area contributed by atoms with Crippen molar-refractivity contribution in [2.75, 3.05) is 25.1 Å². The van der Waals surface area contributed by atoms with E-state index in [9.17, 15) is 5.11 Å². The van der Waals surface area contributed by atoms with Crippen molar-refractivity contribution in [3.05, 3.63) is 29.3 Å². The summed E-state index contributed by atoms with van der Waals surface area (Å²) in [5.74, 6) is 0. The van der Waals surface area contributed by atoms with Gasteiger partial charge in [-0.1, -0.05) is 12.1 Å². The number of hydrogen-bond acceptors (Lipinski definition) is 3. The number of fused-ring (bicyclic) bond motifs is 1. The van der Waals surface area contributed by atoms with Crippen molar-refractivity contribution in [3.63, 3.8) is 0 Å². The van der Waals surface area contributed by atoms with E-state index in [2.05, 4.69) is 35.5 Å². The van der Waals surface area contributed by atoms with Gasteiger partial charge in [-0.2, -0.15) is 0 Å². The summed E-state index contributed by atoms with van der Waals surface area (Å²) < 4.78 is 0. The zero-order valence-corrected chi connectivity index (χ0v) is 10.4. The molecule has 92 valence electrons. The number of nitrogens with one attached hydrogen (secondary N) is 1. The van der Waals surface area contributed by atoms with E-state index in [-0.39, 0.29) is 12.1 Å². The van der Waals surface area contributed by atoms with Crippen molar-refractivity contribution in [2.24, 2.45) is 0 Å². The number of likely N-dealkylation sites (N-methyl/N-ethyl adjacent to an activating group) is 1. The van der Waals surface area contributed by atoms with Gasteiger partial charge in [0.05, 0.1) is 6.61 Å². The maximum Gasteiger partial charge on any atom is 0.0613 e.